The Balaban J connectivity index is 2.19. The molecule has 4 heteroatoms. The second-order valence-electron chi connectivity index (χ2n) is 4.72. The number of esters is 1. The zero-order valence-electron chi connectivity index (χ0n) is 10.3. The van der Waals surface area contributed by atoms with Crippen LogP contribution in [-0.4, -0.2) is 31.8 Å². The molecule has 0 aromatic rings. The van der Waals surface area contributed by atoms with Crippen molar-refractivity contribution in [3.05, 3.63) is 0 Å². The molecule has 3 atom stereocenters. The van der Waals surface area contributed by atoms with E-state index in [1.165, 1.54) is 0 Å². The van der Waals surface area contributed by atoms with Gasteiger partial charge in [-0.25, -0.2) is 4.79 Å². The van der Waals surface area contributed by atoms with Crippen LogP contribution in [-0.2, 0) is 14.3 Å². The van der Waals surface area contributed by atoms with Crippen LogP contribution in [0.15, 0.2) is 0 Å². The number of carbonyl (C=O) groups is 1. The van der Waals surface area contributed by atoms with Gasteiger partial charge in [-0.1, -0.05) is 13.8 Å². The summed E-state index contributed by atoms with van der Waals surface area (Å²) in [5, 5.41) is 0. The Morgan fingerprint density at radius 3 is 2.69 bits per heavy atom. The van der Waals surface area contributed by atoms with Crippen molar-refractivity contribution in [2.45, 2.75) is 39.2 Å². The van der Waals surface area contributed by atoms with Crippen LogP contribution < -0.4 is 5.73 Å². The third-order valence-corrected chi connectivity index (χ3v) is 3.33. The predicted molar refractivity (Wildman–Crippen MR) is 61.9 cm³/mol. The second kappa shape index (κ2) is 6.86. The first-order valence-corrected chi connectivity index (χ1v) is 6.10. The lowest BCUT2D eigenvalue weighted by atomic mass is 9.80. The quantitative estimate of drug-likeness (QED) is 0.570. The summed E-state index contributed by atoms with van der Waals surface area (Å²) in [7, 11) is 0. The van der Waals surface area contributed by atoms with Crippen molar-refractivity contribution in [3.63, 3.8) is 0 Å². The fourth-order valence-corrected chi connectivity index (χ4v) is 2.06. The van der Waals surface area contributed by atoms with Gasteiger partial charge in [-0.2, -0.15) is 0 Å². The molecule has 0 amide bonds. The number of rotatable bonds is 5. The van der Waals surface area contributed by atoms with E-state index in [-0.39, 0.29) is 18.7 Å². The minimum Gasteiger partial charge on any atom is -0.461 e. The molecule has 3 unspecified atom stereocenters. The molecule has 0 spiro atoms. The first-order valence-electron chi connectivity index (χ1n) is 6.10. The van der Waals surface area contributed by atoms with Gasteiger partial charge in [0, 0.05) is 6.54 Å². The molecule has 1 aliphatic carbocycles. The molecule has 16 heavy (non-hydrogen) atoms. The lowest BCUT2D eigenvalue weighted by Gasteiger charge is -2.31. The standard InChI is InChI=1S/C12H23NO3/c1-9-3-4-11(7-10(9)2)16-12(14)8-15-6-5-13/h9-11H,3-8,13H2,1-2H3. The van der Waals surface area contributed by atoms with Crippen LogP contribution in [0.2, 0.25) is 0 Å². The van der Waals surface area contributed by atoms with E-state index >= 15 is 0 Å². The van der Waals surface area contributed by atoms with Crippen molar-refractivity contribution in [3.8, 4) is 0 Å². The monoisotopic (exact) mass is 229 g/mol. The van der Waals surface area contributed by atoms with Gasteiger partial charge in [-0.3, -0.25) is 0 Å². The molecule has 94 valence electrons. The highest BCUT2D eigenvalue weighted by atomic mass is 16.6. The van der Waals surface area contributed by atoms with E-state index in [0.717, 1.165) is 25.2 Å². The summed E-state index contributed by atoms with van der Waals surface area (Å²) >= 11 is 0. The Bertz CT molecular complexity index is 220. The van der Waals surface area contributed by atoms with Gasteiger partial charge in [0.1, 0.15) is 12.7 Å². The average molecular weight is 229 g/mol. The molecule has 1 rings (SSSR count). The Labute approximate surface area is 97.5 Å². The third-order valence-electron chi connectivity index (χ3n) is 3.33. The van der Waals surface area contributed by atoms with Gasteiger partial charge in [0.2, 0.25) is 0 Å². The van der Waals surface area contributed by atoms with Crippen molar-refractivity contribution < 1.29 is 14.3 Å². The molecule has 0 aromatic heterocycles. The summed E-state index contributed by atoms with van der Waals surface area (Å²) < 4.78 is 10.4. The average Bonchev–Trinajstić information content (AvgIpc) is 2.24. The van der Waals surface area contributed by atoms with Gasteiger partial charge in [0.25, 0.3) is 0 Å². The summed E-state index contributed by atoms with van der Waals surface area (Å²) in [6.45, 7) is 5.35. The molecule has 1 aliphatic rings. The Kier molecular flexibility index (Phi) is 5.77. The summed E-state index contributed by atoms with van der Waals surface area (Å²) in [4.78, 5) is 11.4. The van der Waals surface area contributed by atoms with Crippen LogP contribution in [0.3, 0.4) is 0 Å². The maximum absolute atomic E-state index is 11.4. The maximum atomic E-state index is 11.4. The van der Waals surface area contributed by atoms with Gasteiger partial charge in [-0.05, 0) is 31.1 Å². The molecule has 0 radical (unpaired) electrons. The lowest BCUT2D eigenvalue weighted by Crippen LogP contribution is -2.30. The zero-order valence-corrected chi connectivity index (χ0v) is 10.3. The van der Waals surface area contributed by atoms with Crippen molar-refractivity contribution in [2.75, 3.05) is 19.8 Å². The van der Waals surface area contributed by atoms with E-state index in [9.17, 15) is 4.79 Å². The van der Waals surface area contributed by atoms with Crippen LogP contribution in [0, 0.1) is 11.8 Å². The van der Waals surface area contributed by atoms with Gasteiger partial charge >= 0.3 is 5.97 Å². The largest absolute Gasteiger partial charge is 0.461 e. The molecule has 2 N–H and O–H groups in total. The first kappa shape index (κ1) is 13.5. The number of hydrogen-bond donors (Lipinski definition) is 1. The van der Waals surface area contributed by atoms with Crippen molar-refractivity contribution in [1.29, 1.82) is 0 Å². The van der Waals surface area contributed by atoms with Crippen molar-refractivity contribution in [2.24, 2.45) is 17.6 Å². The highest BCUT2D eigenvalue weighted by Crippen LogP contribution is 2.30. The summed E-state index contributed by atoms with van der Waals surface area (Å²) in [6.07, 6.45) is 3.18. The molecule has 0 saturated heterocycles. The maximum Gasteiger partial charge on any atom is 0.332 e. The topological polar surface area (TPSA) is 61.5 Å². The molecule has 0 heterocycles. The minimum absolute atomic E-state index is 0.0254. The molecule has 0 bridgehead atoms. The Morgan fingerprint density at radius 2 is 2.06 bits per heavy atom. The molecular weight excluding hydrogens is 206 g/mol. The van der Waals surface area contributed by atoms with Gasteiger partial charge in [0.05, 0.1) is 6.61 Å². The van der Waals surface area contributed by atoms with Crippen molar-refractivity contribution in [1.82, 2.24) is 0 Å². The van der Waals surface area contributed by atoms with E-state index in [2.05, 4.69) is 13.8 Å². The fourth-order valence-electron chi connectivity index (χ4n) is 2.06. The highest BCUT2D eigenvalue weighted by molar-refractivity contribution is 5.70. The first-order chi connectivity index (χ1) is 7.63. The Hall–Kier alpha value is -0.610. The third kappa shape index (κ3) is 4.49. The summed E-state index contributed by atoms with van der Waals surface area (Å²) in [6, 6.07) is 0. The van der Waals surface area contributed by atoms with Crippen molar-refractivity contribution >= 4 is 5.97 Å². The minimum atomic E-state index is -0.264. The van der Waals surface area contributed by atoms with Crippen LogP contribution in [0.25, 0.3) is 0 Å². The SMILES string of the molecule is CC1CCC(OC(=O)COCCN)CC1C. The number of nitrogens with two attached hydrogens (primary N) is 1. The summed E-state index contributed by atoms with van der Waals surface area (Å²) in [5.74, 6) is 1.11. The van der Waals surface area contributed by atoms with Gasteiger partial charge < -0.3 is 15.2 Å². The molecular formula is C12H23NO3. The fraction of sp³-hybridized carbons (Fsp3) is 0.917. The molecule has 0 aromatic carbocycles. The number of ether oxygens (including phenoxy) is 2. The van der Waals surface area contributed by atoms with Crippen LogP contribution in [0.4, 0.5) is 0 Å². The Morgan fingerprint density at radius 1 is 1.31 bits per heavy atom. The van der Waals surface area contributed by atoms with E-state index in [1.54, 1.807) is 0 Å². The van der Waals surface area contributed by atoms with Gasteiger partial charge in [0.15, 0.2) is 0 Å². The number of hydrogen-bond acceptors (Lipinski definition) is 4. The molecule has 1 saturated carbocycles. The summed E-state index contributed by atoms with van der Waals surface area (Å²) in [5.41, 5.74) is 5.26. The lowest BCUT2D eigenvalue weighted by molar-refractivity contribution is -0.157. The van der Waals surface area contributed by atoms with E-state index in [0.29, 0.717) is 19.1 Å². The van der Waals surface area contributed by atoms with E-state index in [4.69, 9.17) is 15.2 Å². The smallest absolute Gasteiger partial charge is 0.332 e. The predicted octanol–water partition coefficient (Wildman–Crippen LogP) is 1.33. The second-order valence-corrected chi connectivity index (χ2v) is 4.72. The molecule has 0 aliphatic heterocycles. The van der Waals surface area contributed by atoms with E-state index in [1.807, 2.05) is 0 Å². The molecule has 4 nitrogen and oxygen atoms in total. The highest BCUT2D eigenvalue weighted by Gasteiger charge is 2.26. The van der Waals surface area contributed by atoms with Gasteiger partial charge in [-0.15, -0.1) is 0 Å². The van der Waals surface area contributed by atoms with Crippen LogP contribution >= 0.6 is 0 Å². The number of carbonyl (C=O) groups excluding carboxylic acids is 1. The van der Waals surface area contributed by atoms with E-state index < -0.39 is 0 Å². The normalized spacial score (nSPS) is 30.1. The molecule has 1 fully saturated rings. The zero-order chi connectivity index (χ0) is 12.0. The van der Waals surface area contributed by atoms with Crippen LogP contribution in [0.1, 0.15) is 33.1 Å². The van der Waals surface area contributed by atoms with Crippen LogP contribution in [0.5, 0.6) is 0 Å².